The van der Waals surface area contributed by atoms with Gasteiger partial charge in [-0.3, -0.25) is 25.0 Å². The number of imide groups is 1. The van der Waals surface area contributed by atoms with Crippen molar-refractivity contribution in [3.8, 4) is 0 Å². The fraction of sp³-hybridized carbons (Fsp3) is 0.0741. The molecule has 2 heterocycles. The van der Waals surface area contributed by atoms with Crippen molar-refractivity contribution in [2.45, 2.75) is 6.42 Å². The van der Waals surface area contributed by atoms with Crippen LogP contribution in [0.1, 0.15) is 22.3 Å². The average molecular weight is 511 g/mol. The standard InChI is InChI=1S/C27H22N6O5/c28-12-11-15-1-5-17(6-2-15)24(23-20-14-19(33(37)38)9-10-21(20)30-26(23)35)29-18-7-3-16(4-8-18)13-22-25(34)32-27(36)31-22/h1-10,13-14,29H,11-12,28H2,(H,30,35)(H2,31,32,34,36). The number of nitro groups is 1. The highest BCUT2D eigenvalue weighted by atomic mass is 16.6. The molecule has 0 spiro atoms. The van der Waals surface area contributed by atoms with E-state index in [0.29, 0.717) is 46.7 Å². The normalized spacial score (nSPS) is 16.6. The average Bonchev–Trinajstić information content (AvgIpc) is 3.40. The third-order valence-electron chi connectivity index (χ3n) is 6.10. The van der Waals surface area contributed by atoms with Crippen LogP contribution in [0.25, 0.3) is 17.3 Å². The lowest BCUT2D eigenvalue weighted by molar-refractivity contribution is -0.384. The third kappa shape index (κ3) is 4.86. The van der Waals surface area contributed by atoms with Gasteiger partial charge < -0.3 is 21.7 Å². The van der Waals surface area contributed by atoms with Gasteiger partial charge in [-0.25, -0.2) is 4.79 Å². The topological polar surface area (TPSA) is 168 Å². The predicted octanol–water partition coefficient (Wildman–Crippen LogP) is 3.21. The van der Waals surface area contributed by atoms with Crippen LogP contribution in [-0.2, 0) is 16.0 Å². The minimum absolute atomic E-state index is 0.129. The minimum Gasteiger partial charge on any atom is -0.354 e. The maximum absolute atomic E-state index is 13.1. The highest BCUT2D eigenvalue weighted by Crippen LogP contribution is 2.39. The van der Waals surface area contributed by atoms with Crippen LogP contribution in [0.2, 0.25) is 0 Å². The summed E-state index contributed by atoms with van der Waals surface area (Å²) in [5.41, 5.74) is 10.4. The Morgan fingerprint density at radius 2 is 1.66 bits per heavy atom. The molecule has 3 aromatic carbocycles. The maximum Gasteiger partial charge on any atom is 0.326 e. The smallest absolute Gasteiger partial charge is 0.326 e. The number of hydrogen-bond donors (Lipinski definition) is 5. The summed E-state index contributed by atoms with van der Waals surface area (Å²) in [6, 6.07) is 18.2. The number of nitrogens with one attached hydrogen (secondary N) is 4. The molecule has 0 aromatic heterocycles. The van der Waals surface area contributed by atoms with Gasteiger partial charge in [-0.2, -0.15) is 0 Å². The SMILES string of the molecule is NCCc1ccc(C(Nc2ccc(C=C3NC(=O)NC3=O)cc2)=C2C(=O)Nc3ccc([N+](=O)[O-])cc32)cc1. The molecule has 0 unspecified atom stereocenters. The van der Waals surface area contributed by atoms with Crippen LogP contribution in [0, 0.1) is 10.1 Å². The largest absolute Gasteiger partial charge is 0.354 e. The van der Waals surface area contributed by atoms with Crippen LogP contribution < -0.4 is 27.0 Å². The van der Waals surface area contributed by atoms with Crippen molar-refractivity contribution >= 4 is 52.3 Å². The van der Waals surface area contributed by atoms with E-state index in [1.54, 1.807) is 30.3 Å². The summed E-state index contributed by atoms with van der Waals surface area (Å²) in [6.45, 7) is 0.499. The molecule has 2 aliphatic rings. The van der Waals surface area contributed by atoms with E-state index in [1.807, 2.05) is 24.3 Å². The first kappa shape index (κ1) is 24.4. The Labute approximate surface area is 216 Å². The third-order valence-corrected chi connectivity index (χ3v) is 6.10. The second-order valence-corrected chi connectivity index (χ2v) is 8.64. The predicted molar refractivity (Wildman–Crippen MR) is 142 cm³/mol. The molecular formula is C27H22N6O5. The van der Waals surface area contributed by atoms with Crippen molar-refractivity contribution in [2.24, 2.45) is 5.73 Å². The molecule has 5 rings (SSSR count). The Hall–Kier alpha value is -5.29. The first-order valence-corrected chi connectivity index (χ1v) is 11.7. The molecule has 0 bridgehead atoms. The van der Waals surface area contributed by atoms with Crippen LogP contribution in [0.4, 0.5) is 21.9 Å². The van der Waals surface area contributed by atoms with E-state index in [4.69, 9.17) is 5.73 Å². The molecule has 4 amide bonds. The number of non-ortho nitro benzene ring substituents is 1. The number of fused-ring (bicyclic) bond motifs is 1. The molecular weight excluding hydrogens is 488 g/mol. The van der Waals surface area contributed by atoms with Gasteiger partial charge in [0.2, 0.25) is 0 Å². The van der Waals surface area contributed by atoms with Crippen LogP contribution in [0.15, 0.2) is 72.4 Å². The van der Waals surface area contributed by atoms with Crippen LogP contribution in [0.5, 0.6) is 0 Å². The number of carbonyl (C=O) groups is 3. The first-order valence-electron chi connectivity index (χ1n) is 11.7. The molecule has 2 aliphatic heterocycles. The van der Waals surface area contributed by atoms with Gasteiger partial charge in [0.1, 0.15) is 5.70 Å². The summed E-state index contributed by atoms with van der Waals surface area (Å²) in [7, 11) is 0. The number of anilines is 2. The fourth-order valence-corrected chi connectivity index (χ4v) is 4.26. The lowest BCUT2D eigenvalue weighted by atomic mass is 9.98. The number of amides is 4. The van der Waals surface area contributed by atoms with Gasteiger partial charge in [0.25, 0.3) is 17.5 Å². The number of nitrogens with two attached hydrogens (primary N) is 1. The highest BCUT2D eigenvalue weighted by molar-refractivity contribution is 6.37. The second kappa shape index (κ2) is 9.99. The Kier molecular flexibility index (Phi) is 6.42. The maximum atomic E-state index is 13.1. The van der Waals surface area contributed by atoms with E-state index in [0.717, 1.165) is 5.56 Å². The Morgan fingerprint density at radius 1 is 0.921 bits per heavy atom. The van der Waals surface area contributed by atoms with E-state index >= 15 is 0 Å². The van der Waals surface area contributed by atoms with Gasteiger partial charge in [-0.05, 0) is 53.9 Å². The summed E-state index contributed by atoms with van der Waals surface area (Å²) in [4.78, 5) is 47.2. The van der Waals surface area contributed by atoms with E-state index in [1.165, 1.54) is 18.2 Å². The molecule has 11 nitrogen and oxygen atoms in total. The Morgan fingerprint density at radius 3 is 2.29 bits per heavy atom. The van der Waals surface area contributed by atoms with Gasteiger partial charge in [0.05, 0.1) is 16.2 Å². The van der Waals surface area contributed by atoms with Crippen molar-refractivity contribution in [1.29, 1.82) is 0 Å². The number of rotatable bonds is 7. The molecule has 6 N–H and O–H groups in total. The van der Waals surface area contributed by atoms with E-state index in [2.05, 4.69) is 21.3 Å². The van der Waals surface area contributed by atoms with Gasteiger partial charge in [-0.1, -0.05) is 36.4 Å². The molecule has 0 aliphatic carbocycles. The molecule has 0 radical (unpaired) electrons. The van der Waals surface area contributed by atoms with Crippen LogP contribution in [0.3, 0.4) is 0 Å². The monoisotopic (exact) mass is 510 g/mol. The van der Waals surface area contributed by atoms with Crippen molar-refractivity contribution in [2.75, 3.05) is 17.2 Å². The van der Waals surface area contributed by atoms with E-state index in [-0.39, 0.29) is 17.0 Å². The lowest BCUT2D eigenvalue weighted by Gasteiger charge is -2.15. The number of carbonyl (C=O) groups excluding carboxylic acids is 3. The zero-order valence-electron chi connectivity index (χ0n) is 19.9. The number of benzene rings is 3. The summed E-state index contributed by atoms with van der Waals surface area (Å²) in [5, 5.41) is 22.1. The van der Waals surface area contributed by atoms with Gasteiger partial charge in [0, 0.05) is 29.1 Å². The summed E-state index contributed by atoms with van der Waals surface area (Å²) in [6.07, 6.45) is 2.24. The quantitative estimate of drug-likeness (QED) is 0.141. The van der Waals surface area contributed by atoms with Gasteiger partial charge in [-0.15, -0.1) is 0 Å². The zero-order chi connectivity index (χ0) is 26.8. The van der Waals surface area contributed by atoms with Crippen molar-refractivity contribution in [3.63, 3.8) is 0 Å². The molecule has 1 fully saturated rings. The van der Waals surface area contributed by atoms with Crippen molar-refractivity contribution < 1.29 is 19.3 Å². The molecule has 1 saturated heterocycles. The number of nitrogens with zero attached hydrogens (tertiary/aromatic N) is 1. The number of nitro benzene ring substituents is 1. The summed E-state index contributed by atoms with van der Waals surface area (Å²) in [5.74, 6) is -0.902. The van der Waals surface area contributed by atoms with Gasteiger partial charge >= 0.3 is 6.03 Å². The summed E-state index contributed by atoms with van der Waals surface area (Å²) >= 11 is 0. The minimum atomic E-state index is -0.580. The van der Waals surface area contributed by atoms with Crippen LogP contribution >= 0.6 is 0 Å². The molecule has 190 valence electrons. The second-order valence-electron chi connectivity index (χ2n) is 8.64. The fourth-order valence-electron chi connectivity index (χ4n) is 4.26. The number of urea groups is 1. The Balaban J connectivity index is 1.56. The summed E-state index contributed by atoms with van der Waals surface area (Å²) < 4.78 is 0. The molecule has 38 heavy (non-hydrogen) atoms. The van der Waals surface area contributed by atoms with E-state index in [9.17, 15) is 24.5 Å². The molecule has 3 aromatic rings. The molecule has 0 atom stereocenters. The first-order chi connectivity index (χ1) is 18.3. The van der Waals surface area contributed by atoms with Crippen LogP contribution in [-0.4, -0.2) is 29.3 Å². The number of hydrogen-bond acceptors (Lipinski definition) is 7. The zero-order valence-corrected chi connectivity index (χ0v) is 19.9. The molecule has 0 saturated carbocycles. The lowest BCUT2D eigenvalue weighted by Crippen LogP contribution is -2.22. The molecule has 11 heteroatoms. The van der Waals surface area contributed by atoms with Gasteiger partial charge in [0.15, 0.2) is 0 Å². The highest BCUT2D eigenvalue weighted by Gasteiger charge is 2.30. The van der Waals surface area contributed by atoms with Crippen molar-refractivity contribution in [1.82, 2.24) is 10.6 Å². The Bertz CT molecular complexity index is 1540. The van der Waals surface area contributed by atoms with E-state index < -0.39 is 22.8 Å². The van der Waals surface area contributed by atoms with Crippen molar-refractivity contribution in [3.05, 3.63) is 105 Å².